The monoisotopic (exact) mass is 618 g/mol. The van der Waals surface area contributed by atoms with Crippen LogP contribution in [0.25, 0.3) is 0 Å². The molecule has 1 atom stereocenters. The summed E-state index contributed by atoms with van der Waals surface area (Å²) in [5, 5.41) is 3.50. The Morgan fingerprint density at radius 3 is 2.40 bits per heavy atom. The van der Waals surface area contributed by atoms with E-state index in [0.717, 1.165) is 30.0 Å². The van der Waals surface area contributed by atoms with Gasteiger partial charge in [-0.1, -0.05) is 0 Å². The average molecular weight is 619 g/mol. The van der Waals surface area contributed by atoms with E-state index < -0.39 is 21.8 Å². The predicted octanol–water partition coefficient (Wildman–Crippen LogP) is 4.21. The highest BCUT2D eigenvalue weighted by atomic mass is 32.2. The molecular weight excluding hydrogens is 576 g/mol. The number of piperidine rings is 1. The normalized spacial score (nSPS) is 18.0. The summed E-state index contributed by atoms with van der Waals surface area (Å²) in [6.07, 6.45) is 1.89. The maximum atomic E-state index is 13.6. The molecule has 1 aromatic heterocycles. The van der Waals surface area contributed by atoms with Crippen LogP contribution in [-0.4, -0.2) is 85.7 Å². The van der Waals surface area contributed by atoms with Gasteiger partial charge in [0.15, 0.2) is 0 Å². The topological polar surface area (TPSA) is 116 Å². The SMILES string of the molecule is CCOC(=O)C1CCCN(S(=O)(=O)c2ccc(C(=O)Nc3sc4c(c3C(=O)N(CC)CC)CCN(C(C)C)C4)cc2)C1. The number of nitrogens with one attached hydrogen (secondary N) is 1. The van der Waals surface area contributed by atoms with Gasteiger partial charge in [0.05, 0.1) is 23.0 Å². The van der Waals surface area contributed by atoms with Gasteiger partial charge in [0.25, 0.3) is 11.8 Å². The van der Waals surface area contributed by atoms with Crippen LogP contribution in [0.2, 0.25) is 0 Å². The molecule has 230 valence electrons. The first kappa shape index (κ1) is 32.1. The maximum absolute atomic E-state index is 13.6. The lowest BCUT2D eigenvalue weighted by atomic mass is 10.0. The molecule has 2 aliphatic rings. The molecule has 1 unspecified atom stereocenters. The molecule has 2 aliphatic heterocycles. The number of esters is 1. The number of ether oxygens (including phenoxy) is 1. The minimum absolute atomic E-state index is 0.0568. The fourth-order valence-corrected chi connectivity index (χ4v) is 8.35. The number of benzene rings is 1. The Kier molecular flexibility index (Phi) is 10.4. The van der Waals surface area contributed by atoms with Crippen molar-refractivity contribution >= 4 is 44.1 Å². The molecule has 10 nitrogen and oxygen atoms in total. The Morgan fingerprint density at radius 1 is 1.10 bits per heavy atom. The number of thiophene rings is 1. The molecule has 4 rings (SSSR count). The molecule has 2 aromatic rings. The summed E-state index contributed by atoms with van der Waals surface area (Å²) in [5.74, 6) is -1.37. The van der Waals surface area contributed by atoms with Crippen LogP contribution in [0.5, 0.6) is 0 Å². The van der Waals surface area contributed by atoms with Gasteiger partial charge in [0, 0.05) is 55.8 Å². The molecular formula is C30H42N4O6S2. The van der Waals surface area contributed by atoms with Crippen LogP contribution >= 0.6 is 11.3 Å². The van der Waals surface area contributed by atoms with Crippen LogP contribution in [-0.2, 0) is 32.5 Å². The van der Waals surface area contributed by atoms with Gasteiger partial charge in [0.2, 0.25) is 10.0 Å². The molecule has 0 saturated carbocycles. The highest BCUT2D eigenvalue weighted by molar-refractivity contribution is 7.89. The summed E-state index contributed by atoms with van der Waals surface area (Å²) in [4.78, 5) is 44.4. The Hall–Kier alpha value is -2.80. The molecule has 3 heterocycles. The van der Waals surface area contributed by atoms with Gasteiger partial charge in [-0.2, -0.15) is 4.31 Å². The van der Waals surface area contributed by atoms with Crippen LogP contribution in [0, 0.1) is 5.92 Å². The smallest absolute Gasteiger partial charge is 0.310 e. The molecule has 2 amide bonds. The Labute approximate surface area is 253 Å². The van der Waals surface area contributed by atoms with Crippen molar-refractivity contribution < 1.29 is 27.5 Å². The van der Waals surface area contributed by atoms with Crippen molar-refractivity contribution in [2.45, 2.75) is 71.4 Å². The first-order chi connectivity index (χ1) is 20.0. The van der Waals surface area contributed by atoms with Gasteiger partial charge < -0.3 is 15.0 Å². The molecule has 0 spiro atoms. The number of hydrogen-bond donors (Lipinski definition) is 1. The van der Waals surface area contributed by atoms with E-state index in [1.807, 2.05) is 13.8 Å². The van der Waals surface area contributed by atoms with Gasteiger partial charge in [-0.05, 0) is 83.7 Å². The highest BCUT2D eigenvalue weighted by Gasteiger charge is 2.35. The molecule has 0 aliphatic carbocycles. The zero-order chi connectivity index (χ0) is 30.6. The number of nitrogens with zero attached hydrogens (tertiary/aromatic N) is 3. The van der Waals surface area contributed by atoms with Crippen molar-refractivity contribution in [3.63, 3.8) is 0 Å². The minimum Gasteiger partial charge on any atom is -0.466 e. The third kappa shape index (κ3) is 6.72. The number of carbonyl (C=O) groups excluding carboxylic acids is 3. The van der Waals surface area contributed by atoms with E-state index in [4.69, 9.17) is 4.74 Å². The zero-order valence-electron chi connectivity index (χ0n) is 25.1. The lowest BCUT2D eigenvalue weighted by molar-refractivity contribution is -0.149. The molecule has 1 fully saturated rings. The maximum Gasteiger partial charge on any atom is 0.310 e. The second-order valence-electron chi connectivity index (χ2n) is 10.9. The number of rotatable bonds is 10. The fraction of sp³-hybridized carbons (Fsp3) is 0.567. The molecule has 0 radical (unpaired) electrons. The van der Waals surface area contributed by atoms with Gasteiger partial charge in [0.1, 0.15) is 5.00 Å². The summed E-state index contributed by atoms with van der Waals surface area (Å²) >= 11 is 1.44. The van der Waals surface area contributed by atoms with E-state index in [9.17, 15) is 22.8 Å². The standard InChI is InChI=1S/C30H42N4O6S2/c1-6-32(7-2)29(36)26-24-15-17-33(20(4)5)19-25(24)41-28(26)31-27(35)21-11-13-23(14-12-21)42(38,39)34-16-9-10-22(18-34)30(37)40-8-3/h11-14,20,22H,6-10,15-19H2,1-5H3,(H,31,35). The number of fused-ring (bicyclic) bond motifs is 1. The number of anilines is 1. The molecule has 42 heavy (non-hydrogen) atoms. The van der Waals surface area contributed by atoms with E-state index in [-0.39, 0.29) is 35.5 Å². The Balaban J connectivity index is 1.55. The highest BCUT2D eigenvalue weighted by Crippen LogP contribution is 2.38. The third-order valence-corrected chi connectivity index (χ3v) is 11.1. The Morgan fingerprint density at radius 2 is 1.79 bits per heavy atom. The predicted molar refractivity (Wildman–Crippen MR) is 163 cm³/mol. The number of carbonyl (C=O) groups is 3. The van der Waals surface area contributed by atoms with Crippen molar-refractivity contribution in [3.05, 3.63) is 45.8 Å². The number of hydrogen-bond acceptors (Lipinski definition) is 8. The lowest BCUT2D eigenvalue weighted by Gasteiger charge is -2.30. The van der Waals surface area contributed by atoms with Gasteiger partial charge in [-0.15, -0.1) is 11.3 Å². The van der Waals surface area contributed by atoms with E-state index in [2.05, 4.69) is 24.1 Å². The molecule has 12 heteroatoms. The summed E-state index contributed by atoms with van der Waals surface area (Å²) in [6, 6.07) is 6.17. The minimum atomic E-state index is -3.85. The van der Waals surface area contributed by atoms with Crippen molar-refractivity contribution in [1.82, 2.24) is 14.1 Å². The second kappa shape index (κ2) is 13.7. The van der Waals surface area contributed by atoms with E-state index in [0.29, 0.717) is 49.1 Å². The largest absolute Gasteiger partial charge is 0.466 e. The molecule has 1 N–H and O–H groups in total. The van der Waals surface area contributed by atoms with Crippen LogP contribution in [0.3, 0.4) is 0 Å². The molecule has 1 saturated heterocycles. The first-order valence-corrected chi connectivity index (χ1v) is 17.0. The van der Waals surface area contributed by atoms with Gasteiger partial charge >= 0.3 is 5.97 Å². The quantitative estimate of drug-likeness (QED) is 0.397. The molecule has 1 aromatic carbocycles. The fourth-order valence-electron chi connectivity index (χ4n) is 5.56. The van der Waals surface area contributed by atoms with Crippen LogP contribution in [0.15, 0.2) is 29.2 Å². The second-order valence-corrected chi connectivity index (χ2v) is 14.0. The number of sulfonamides is 1. The zero-order valence-corrected chi connectivity index (χ0v) is 26.8. The lowest BCUT2D eigenvalue weighted by Crippen LogP contribution is -2.42. The average Bonchev–Trinajstić information content (AvgIpc) is 3.34. The van der Waals surface area contributed by atoms with E-state index in [1.54, 1.807) is 11.8 Å². The van der Waals surface area contributed by atoms with Crippen molar-refractivity contribution in [1.29, 1.82) is 0 Å². The summed E-state index contributed by atoms with van der Waals surface area (Å²) in [7, 11) is -3.85. The van der Waals surface area contributed by atoms with Gasteiger partial charge in [-0.25, -0.2) is 8.42 Å². The van der Waals surface area contributed by atoms with Crippen molar-refractivity contribution in [2.24, 2.45) is 5.92 Å². The molecule has 0 bridgehead atoms. The number of amides is 2. The van der Waals surface area contributed by atoms with E-state index in [1.165, 1.54) is 39.9 Å². The van der Waals surface area contributed by atoms with Crippen LogP contribution in [0.4, 0.5) is 5.00 Å². The summed E-state index contributed by atoms with van der Waals surface area (Å²) in [5.41, 5.74) is 1.86. The summed E-state index contributed by atoms with van der Waals surface area (Å²) < 4.78 is 33.1. The Bertz CT molecular complexity index is 1400. The van der Waals surface area contributed by atoms with Crippen LogP contribution < -0.4 is 5.32 Å². The van der Waals surface area contributed by atoms with Crippen molar-refractivity contribution in [3.8, 4) is 0 Å². The summed E-state index contributed by atoms with van der Waals surface area (Å²) in [6.45, 7) is 13.3. The van der Waals surface area contributed by atoms with Crippen molar-refractivity contribution in [2.75, 3.05) is 44.6 Å². The van der Waals surface area contributed by atoms with Gasteiger partial charge in [-0.3, -0.25) is 19.3 Å². The van der Waals surface area contributed by atoms with E-state index >= 15 is 0 Å². The van der Waals surface area contributed by atoms with Crippen LogP contribution in [0.1, 0.15) is 78.6 Å². The third-order valence-electron chi connectivity index (χ3n) is 8.07. The first-order valence-electron chi connectivity index (χ1n) is 14.8.